The van der Waals surface area contributed by atoms with Crippen LogP contribution in [0.25, 0.3) is 0 Å². The van der Waals surface area contributed by atoms with E-state index in [4.69, 9.17) is 11.2 Å². The van der Waals surface area contributed by atoms with Crippen molar-refractivity contribution in [1.82, 2.24) is 5.32 Å². The van der Waals surface area contributed by atoms with Gasteiger partial charge < -0.3 is 10.1 Å². The van der Waals surface area contributed by atoms with E-state index >= 15 is 0 Å². The zero-order chi connectivity index (χ0) is 12.7. The van der Waals surface area contributed by atoms with Crippen molar-refractivity contribution in [2.24, 2.45) is 0 Å². The van der Waals surface area contributed by atoms with E-state index in [2.05, 4.69) is 11.2 Å². The Morgan fingerprint density at radius 1 is 1.41 bits per heavy atom. The maximum Gasteiger partial charge on any atom is 0.252 e. The van der Waals surface area contributed by atoms with Gasteiger partial charge in [-0.05, 0) is 37.6 Å². The average Bonchev–Trinajstić information content (AvgIpc) is 2.37. The highest BCUT2D eigenvalue weighted by Gasteiger charge is 2.09. The summed E-state index contributed by atoms with van der Waals surface area (Å²) >= 11 is 0. The number of nitrogens with one attached hydrogen (secondary N) is 1. The molecule has 1 rings (SSSR count). The number of hydrogen-bond acceptors (Lipinski definition) is 2. The molecule has 0 aliphatic rings. The van der Waals surface area contributed by atoms with Gasteiger partial charge in [0.25, 0.3) is 5.91 Å². The van der Waals surface area contributed by atoms with Gasteiger partial charge in [0.1, 0.15) is 5.75 Å². The van der Waals surface area contributed by atoms with Crippen LogP contribution in [0.3, 0.4) is 0 Å². The number of rotatable bonds is 5. The zero-order valence-corrected chi connectivity index (χ0v) is 10.2. The fraction of sp³-hybridized carbons (Fsp3) is 0.357. The second-order valence-corrected chi connectivity index (χ2v) is 3.56. The fourth-order valence-electron chi connectivity index (χ4n) is 1.37. The quantitative estimate of drug-likeness (QED) is 0.789. The van der Waals surface area contributed by atoms with Gasteiger partial charge in [0, 0.05) is 5.56 Å². The van der Waals surface area contributed by atoms with Crippen molar-refractivity contribution < 1.29 is 9.53 Å². The third-order valence-electron chi connectivity index (χ3n) is 2.34. The third kappa shape index (κ3) is 3.84. The number of carbonyl (C=O) groups is 1. The predicted molar refractivity (Wildman–Crippen MR) is 68.0 cm³/mol. The van der Waals surface area contributed by atoms with E-state index in [1.807, 2.05) is 13.8 Å². The van der Waals surface area contributed by atoms with E-state index < -0.39 is 0 Å². The smallest absolute Gasteiger partial charge is 0.252 e. The topological polar surface area (TPSA) is 38.3 Å². The highest BCUT2D eigenvalue weighted by Crippen LogP contribution is 2.12. The number of ether oxygens (including phenoxy) is 1. The second-order valence-electron chi connectivity index (χ2n) is 3.56. The van der Waals surface area contributed by atoms with Crippen molar-refractivity contribution in [3.05, 3.63) is 29.8 Å². The van der Waals surface area contributed by atoms with Crippen LogP contribution in [0, 0.1) is 12.3 Å². The first-order valence-corrected chi connectivity index (χ1v) is 5.71. The maximum absolute atomic E-state index is 11.8. The average molecular weight is 231 g/mol. The van der Waals surface area contributed by atoms with Gasteiger partial charge in [-0.25, -0.2) is 0 Å². The van der Waals surface area contributed by atoms with Crippen LogP contribution in [-0.2, 0) is 0 Å². The molecule has 1 aromatic carbocycles. The van der Waals surface area contributed by atoms with Crippen LogP contribution in [0.15, 0.2) is 24.3 Å². The molecule has 90 valence electrons. The van der Waals surface area contributed by atoms with Gasteiger partial charge in [-0.1, -0.05) is 12.8 Å². The number of hydrogen-bond donors (Lipinski definition) is 1. The number of benzene rings is 1. The van der Waals surface area contributed by atoms with Gasteiger partial charge in [0.05, 0.1) is 12.6 Å². The van der Waals surface area contributed by atoms with Crippen LogP contribution in [0.4, 0.5) is 0 Å². The number of carbonyl (C=O) groups excluding carboxylic acids is 1. The molecule has 0 bridgehead atoms. The molecule has 1 N–H and O–H groups in total. The Hall–Kier alpha value is -1.95. The molecule has 0 saturated heterocycles. The van der Waals surface area contributed by atoms with E-state index in [0.29, 0.717) is 12.2 Å². The first-order valence-electron chi connectivity index (χ1n) is 5.71. The van der Waals surface area contributed by atoms with Gasteiger partial charge >= 0.3 is 0 Å². The van der Waals surface area contributed by atoms with E-state index in [1.54, 1.807) is 24.3 Å². The summed E-state index contributed by atoms with van der Waals surface area (Å²) in [6.07, 6.45) is 6.01. The molecule has 0 heterocycles. The van der Waals surface area contributed by atoms with Gasteiger partial charge in [-0.15, -0.1) is 6.42 Å². The normalized spacial score (nSPS) is 11.4. The molecule has 3 nitrogen and oxygen atoms in total. The molecule has 1 aromatic rings. The fourth-order valence-corrected chi connectivity index (χ4v) is 1.37. The molecule has 0 fully saturated rings. The molecule has 3 heteroatoms. The Bertz CT molecular complexity index is 403. The summed E-state index contributed by atoms with van der Waals surface area (Å²) in [6.45, 7) is 4.46. The monoisotopic (exact) mass is 231 g/mol. The van der Waals surface area contributed by atoms with Crippen LogP contribution in [-0.4, -0.2) is 18.6 Å². The van der Waals surface area contributed by atoms with Gasteiger partial charge in [-0.2, -0.15) is 0 Å². The molecule has 1 amide bonds. The van der Waals surface area contributed by atoms with Crippen molar-refractivity contribution in [2.45, 2.75) is 26.3 Å². The minimum absolute atomic E-state index is 0.155. The lowest BCUT2D eigenvalue weighted by atomic mass is 10.1. The Morgan fingerprint density at radius 2 is 2.06 bits per heavy atom. The summed E-state index contributed by atoms with van der Waals surface area (Å²) in [7, 11) is 0. The van der Waals surface area contributed by atoms with Crippen molar-refractivity contribution in [3.8, 4) is 18.1 Å². The minimum Gasteiger partial charge on any atom is -0.494 e. The van der Waals surface area contributed by atoms with E-state index in [9.17, 15) is 4.79 Å². The molecule has 0 spiro atoms. The summed E-state index contributed by atoms with van der Waals surface area (Å²) in [5.41, 5.74) is 0.585. The van der Waals surface area contributed by atoms with Crippen LogP contribution in [0.5, 0.6) is 5.75 Å². The standard InChI is InChI=1S/C14H17NO2/c1-4-12(5-2)15-14(16)11-7-9-13(10-8-11)17-6-3/h1,7-10,12H,5-6H2,2-3H3,(H,15,16). The van der Waals surface area contributed by atoms with E-state index in [0.717, 1.165) is 12.2 Å². The molecule has 1 atom stereocenters. The van der Waals surface area contributed by atoms with Crippen molar-refractivity contribution in [2.75, 3.05) is 6.61 Å². The summed E-state index contributed by atoms with van der Waals surface area (Å²) in [5.74, 6) is 3.13. The molecule has 17 heavy (non-hydrogen) atoms. The predicted octanol–water partition coefficient (Wildman–Crippen LogP) is 2.23. The van der Waals surface area contributed by atoms with E-state index in [1.165, 1.54) is 0 Å². The minimum atomic E-state index is -0.214. The van der Waals surface area contributed by atoms with Gasteiger partial charge in [0.15, 0.2) is 0 Å². The largest absolute Gasteiger partial charge is 0.494 e. The summed E-state index contributed by atoms with van der Waals surface area (Å²) in [4.78, 5) is 11.8. The molecular weight excluding hydrogens is 214 g/mol. The SMILES string of the molecule is C#CC(CC)NC(=O)c1ccc(OCC)cc1. The molecule has 0 aliphatic heterocycles. The van der Waals surface area contributed by atoms with E-state index in [-0.39, 0.29) is 11.9 Å². The lowest BCUT2D eigenvalue weighted by Gasteiger charge is -2.11. The molecule has 0 saturated carbocycles. The lowest BCUT2D eigenvalue weighted by Crippen LogP contribution is -2.33. The molecular formula is C14H17NO2. The lowest BCUT2D eigenvalue weighted by molar-refractivity contribution is 0.0945. The Morgan fingerprint density at radius 3 is 2.53 bits per heavy atom. The third-order valence-corrected chi connectivity index (χ3v) is 2.34. The first-order chi connectivity index (χ1) is 8.21. The molecule has 1 unspecified atom stereocenters. The molecule has 0 aromatic heterocycles. The first kappa shape index (κ1) is 13.1. The van der Waals surface area contributed by atoms with Crippen LogP contribution >= 0.6 is 0 Å². The van der Waals surface area contributed by atoms with Crippen molar-refractivity contribution >= 4 is 5.91 Å². The van der Waals surface area contributed by atoms with Crippen LogP contribution in [0.1, 0.15) is 30.6 Å². The summed E-state index contributed by atoms with van der Waals surface area (Å²) < 4.78 is 5.30. The van der Waals surface area contributed by atoms with Gasteiger partial charge in [0.2, 0.25) is 0 Å². The maximum atomic E-state index is 11.8. The summed E-state index contributed by atoms with van der Waals surface area (Å²) in [6, 6.07) is 6.78. The number of terminal acetylenes is 1. The molecule has 0 radical (unpaired) electrons. The summed E-state index contributed by atoms with van der Waals surface area (Å²) in [5, 5.41) is 2.77. The highest BCUT2D eigenvalue weighted by molar-refractivity contribution is 5.94. The zero-order valence-electron chi connectivity index (χ0n) is 10.2. The van der Waals surface area contributed by atoms with Gasteiger partial charge in [-0.3, -0.25) is 4.79 Å². The van der Waals surface area contributed by atoms with Crippen LogP contribution in [0.2, 0.25) is 0 Å². The second kappa shape index (κ2) is 6.59. The number of amides is 1. The Kier molecular flexibility index (Phi) is 5.09. The van der Waals surface area contributed by atoms with Crippen molar-refractivity contribution in [3.63, 3.8) is 0 Å². The highest BCUT2D eigenvalue weighted by atomic mass is 16.5. The Labute approximate surface area is 102 Å². The molecule has 0 aliphatic carbocycles. The Balaban J connectivity index is 2.67. The van der Waals surface area contributed by atoms with Crippen molar-refractivity contribution in [1.29, 1.82) is 0 Å². The van der Waals surface area contributed by atoms with Crippen LogP contribution < -0.4 is 10.1 Å².